The van der Waals surface area contributed by atoms with E-state index in [0.717, 1.165) is 5.56 Å². The van der Waals surface area contributed by atoms with E-state index in [1.54, 1.807) is 0 Å². The third-order valence-corrected chi connectivity index (χ3v) is 4.03. The number of methoxy groups -OCH3 is 1. The zero-order valence-corrected chi connectivity index (χ0v) is 12.2. The van der Waals surface area contributed by atoms with Gasteiger partial charge < -0.3 is 14.4 Å². The van der Waals surface area contributed by atoms with Crippen molar-refractivity contribution in [3.8, 4) is 0 Å². The highest BCUT2D eigenvalue weighted by Crippen LogP contribution is 2.32. The Balaban J connectivity index is 2.31. The average molecular weight is 289 g/mol. The maximum Gasteiger partial charge on any atom is 0.311 e. The van der Waals surface area contributed by atoms with Crippen LogP contribution in [0.15, 0.2) is 30.3 Å². The van der Waals surface area contributed by atoms with Gasteiger partial charge in [0.2, 0.25) is 5.91 Å². The molecule has 1 fully saturated rings. The molecule has 0 N–H and O–H groups in total. The van der Waals surface area contributed by atoms with Crippen LogP contribution in [0.4, 0.5) is 0 Å². The summed E-state index contributed by atoms with van der Waals surface area (Å²) in [5.74, 6) is -1.13. The highest BCUT2D eigenvalue weighted by molar-refractivity contribution is 5.87. The molecule has 0 radical (unpaired) electrons. The Morgan fingerprint density at radius 2 is 2.05 bits per heavy atom. The molecule has 1 aromatic rings. The van der Waals surface area contributed by atoms with E-state index >= 15 is 0 Å². The number of amides is 1. The van der Waals surface area contributed by atoms with E-state index in [9.17, 15) is 14.4 Å². The summed E-state index contributed by atoms with van der Waals surface area (Å²) in [7, 11) is 1.30. The number of hydrogen-bond donors (Lipinski definition) is 0. The largest absolute Gasteiger partial charge is 0.469 e. The average Bonchev–Trinajstić information content (AvgIpc) is 2.53. The van der Waals surface area contributed by atoms with Crippen LogP contribution in [0, 0.1) is 5.92 Å². The van der Waals surface area contributed by atoms with Gasteiger partial charge in [-0.15, -0.1) is 0 Å². The number of ether oxygens (including phenoxy) is 1. The molecule has 5 heteroatoms. The SMILES string of the molecule is COC(=O)[C@@H]1CCC(=O)N([C@H](C)c2ccccc2)[C@@H]1C=O. The second-order valence-electron chi connectivity index (χ2n) is 5.18. The van der Waals surface area contributed by atoms with Gasteiger partial charge in [0, 0.05) is 6.42 Å². The number of esters is 1. The maximum absolute atomic E-state index is 12.2. The predicted molar refractivity (Wildman–Crippen MR) is 76.3 cm³/mol. The van der Waals surface area contributed by atoms with E-state index < -0.39 is 17.9 Å². The molecule has 0 aliphatic carbocycles. The molecular formula is C16H19NO4. The molecule has 0 spiro atoms. The number of piperidine rings is 1. The van der Waals surface area contributed by atoms with Crippen LogP contribution in [0.1, 0.15) is 31.4 Å². The third kappa shape index (κ3) is 2.96. The first-order valence-corrected chi connectivity index (χ1v) is 6.99. The Morgan fingerprint density at radius 3 is 2.62 bits per heavy atom. The molecule has 0 aromatic heterocycles. The fourth-order valence-electron chi connectivity index (χ4n) is 2.87. The molecule has 0 saturated carbocycles. The van der Waals surface area contributed by atoms with Crippen molar-refractivity contribution in [3.05, 3.63) is 35.9 Å². The van der Waals surface area contributed by atoms with Gasteiger partial charge in [0.25, 0.3) is 0 Å². The second-order valence-corrected chi connectivity index (χ2v) is 5.18. The Morgan fingerprint density at radius 1 is 1.38 bits per heavy atom. The van der Waals surface area contributed by atoms with Gasteiger partial charge in [-0.05, 0) is 18.9 Å². The van der Waals surface area contributed by atoms with Crippen LogP contribution in [-0.4, -0.2) is 36.2 Å². The third-order valence-electron chi connectivity index (χ3n) is 4.03. The van der Waals surface area contributed by atoms with Crippen molar-refractivity contribution in [2.45, 2.75) is 31.8 Å². The van der Waals surface area contributed by atoms with E-state index in [-0.39, 0.29) is 18.4 Å². The first-order valence-electron chi connectivity index (χ1n) is 6.99. The molecule has 112 valence electrons. The number of likely N-dealkylation sites (tertiary alicyclic amines) is 1. The smallest absolute Gasteiger partial charge is 0.311 e. The van der Waals surface area contributed by atoms with Crippen LogP contribution < -0.4 is 0 Å². The Labute approximate surface area is 123 Å². The number of nitrogens with zero attached hydrogens (tertiary/aromatic N) is 1. The number of hydrogen-bond acceptors (Lipinski definition) is 4. The monoisotopic (exact) mass is 289 g/mol. The summed E-state index contributed by atoms with van der Waals surface area (Å²) >= 11 is 0. The molecule has 1 aliphatic heterocycles. The molecule has 3 atom stereocenters. The summed E-state index contributed by atoms with van der Waals surface area (Å²) in [5, 5.41) is 0. The minimum absolute atomic E-state index is 0.108. The van der Waals surface area contributed by atoms with Gasteiger partial charge in [-0.2, -0.15) is 0 Å². The molecule has 0 unspecified atom stereocenters. The first kappa shape index (κ1) is 15.2. The fraction of sp³-hybridized carbons (Fsp3) is 0.438. The molecule has 1 aromatic carbocycles. The second kappa shape index (κ2) is 6.52. The van der Waals surface area contributed by atoms with Crippen LogP contribution in [0.2, 0.25) is 0 Å². The Bertz CT molecular complexity index is 528. The van der Waals surface area contributed by atoms with Crippen LogP contribution in [-0.2, 0) is 19.1 Å². The molecule has 1 amide bonds. The van der Waals surface area contributed by atoms with Crippen LogP contribution in [0.3, 0.4) is 0 Å². The molecule has 0 bridgehead atoms. The molecular weight excluding hydrogens is 270 g/mol. The predicted octanol–water partition coefficient (Wildman–Crippen LogP) is 1.73. The van der Waals surface area contributed by atoms with E-state index in [0.29, 0.717) is 12.7 Å². The minimum atomic E-state index is -0.770. The van der Waals surface area contributed by atoms with E-state index in [1.165, 1.54) is 12.0 Å². The van der Waals surface area contributed by atoms with Crippen LogP contribution in [0.25, 0.3) is 0 Å². The van der Waals surface area contributed by atoms with Crippen molar-refractivity contribution in [2.24, 2.45) is 5.92 Å². The van der Waals surface area contributed by atoms with E-state index in [1.807, 2.05) is 37.3 Å². The van der Waals surface area contributed by atoms with Crippen molar-refractivity contribution in [3.63, 3.8) is 0 Å². The van der Waals surface area contributed by atoms with Crippen molar-refractivity contribution in [1.29, 1.82) is 0 Å². The molecule has 1 heterocycles. The van der Waals surface area contributed by atoms with Crippen molar-refractivity contribution < 1.29 is 19.1 Å². The highest BCUT2D eigenvalue weighted by Gasteiger charge is 2.42. The lowest BCUT2D eigenvalue weighted by molar-refractivity contribution is -0.158. The number of carbonyl (C=O) groups is 3. The van der Waals surface area contributed by atoms with Crippen molar-refractivity contribution >= 4 is 18.2 Å². The Hall–Kier alpha value is -2.17. The number of benzene rings is 1. The van der Waals surface area contributed by atoms with Gasteiger partial charge >= 0.3 is 5.97 Å². The maximum atomic E-state index is 12.2. The lowest BCUT2D eigenvalue weighted by Gasteiger charge is -2.40. The minimum Gasteiger partial charge on any atom is -0.469 e. The zero-order valence-electron chi connectivity index (χ0n) is 12.2. The summed E-state index contributed by atoms with van der Waals surface area (Å²) < 4.78 is 4.76. The Kier molecular flexibility index (Phi) is 4.73. The molecule has 1 aliphatic rings. The molecule has 2 rings (SSSR count). The van der Waals surface area contributed by atoms with E-state index in [4.69, 9.17) is 4.74 Å². The van der Waals surface area contributed by atoms with Gasteiger partial charge in [-0.25, -0.2) is 0 Å². The van der Waals surface area contributed by atoms with Crippen molar-refractivity contribution in [2.75, 3.05) is 7.11 Å². The zero-order chi connectivity index (χ0) is 15.4. The lowest BCUT2D eigenvalue weighted by Crippen LogP contribution is -2.52. The quantitative estimate of drug-likeness (QED) is 0.625. The molecule has 1 saturated heterocycles. The van der Waals surface area contributed by atoms with Gasteiger partial charge in [-0.1, -0.05) is 30.3 Å². The number of carbonyl (C=O) groups excluding carboxylic acids is 3. The van der Waals surface area contributed by atoms with Gasteiger partial charge in [-0.3, -0.25) is 9.59 Å². The topological polar surface area (TPSA) is 63.7 Å². The molecule has 21 heavy (non-hydrogen) atoms. The summed E-state index contributed by atoms with van der Waals surface area (Å²) in [6.07, 6.45) is 1.28. The summed E-state index contributed by atoms with van der Waals surface area (Å²) in [4.78, 5) is 37.1. The molecule has 5 nitrogen and oxygen atoms in total. The van der Waals surface area contributed by atoms with Crippen LogP contribution >= 0.6 is 0 Å². The number of rotatable bonds is 4. The van der Waals surface area contributed by atoms with Gasteiger partial charge in [0.05, 0.1) is 19.1 Å². The first-order chi connectivity index (χ1) is 10.1. The normalized spacial score (nSPS) is 23.5. The fourth-order valence-corrected chi connectivity index (χ4v) is 2.87. The number of aldehydes is 1. The standard InChI is InChI=1S/C16H19NO4/c1-11(12-6-4-3-5-7-12)17-14(10-18)13(16(20)21-2)8-9-15(17)19/h3-7,10-11,13-14H,8-9H2,1-2H3/t11-,13-,14-/m1/s1. The summed E-state index contributed by atoms with van der Waals surface area (Å²) in [6, 6.07) is 8.43. The highest BCUT2D eigenvalue weighted by atomic mass is 16.5. The van der Waals surface area contributed by atoms with Crippen LogP contribution in [0.5, 0.6) is 0 Å². The summed E-state index contributed by atoms with van der Waals surface area (Å²) in [5.41, 5.74) is 0.934. The lowest BCUT2D eigenvalue weighted by atomic mass is 9.87. The van der Waals surface area contributed by atoms with Gasteiger partial charge in [0.15, 0.2) is 0 Å². The van der Waals surface area contributed by atoms with E-state index in [2.05, 4.69) is 0 Å². The summed E-state index contributed by atoms with van der Waals surface area (Å²) in [6.45, 7) is 1.86. The van der Waals surface area contributed by atoms with Gasteiger partial charge in [0.1, 0.15) is 12.3 Å². The van der Waals surface area contributed by atoms with Crippen molar-refractivity contribution in [1.82, 2.24) is 4.90 Å².